The molecule has 1 aliphatic carbocycles. The smallest absolute Gasteiger partial charge is 0.289 e. The Bertz CT molecular complexity index is 1450. The summed E-state index contributed by atoms with van der Waals surface area (Å²) in [6.45, 7) is 13.1. The van der Waals surface area contributed by atoms with Gasteiger partial charge in [-0.2, -0.15) is 0 Å². The van der Waals surface area contributed by atoms with Crippen molar-refractivity contribution in [1.29, 1.82) is 0 Å². The monoisotopic (exact) mass is 675 g/mol. The van der Waals surface area contributed by atoms with E-state index in [1.54, 1.807) is 0 Å². The zero-order valence-corrected chi connectivity index (χ0v) is 29.1. The summed E-state index contributed by atoms with van der Waals surface area (Å²) in [6.07, 6.45) is 2.78. The van der Waals surface area contributed by atoms with Crippen LogP contribution in [-0.4, -0.2) is 76.3 Å². The van der Waals surface area contributed by atoms with Crippen LogP contribution >= 0.6 is 11.6 Å². The highest BCUT2D eigenvalue weighted by Gasteiger charge is 2.55. The Morgan fingerprint density at radius 1 is 1.11 bits per heavy atom. The minimum absolute atomic E-state index is 0.0280. The molecule has 2 fully saturated rings. The van der Waals surface area contributed by atoms with Crippen molar-refractivity contribution >= 4 is 46.7 Å². The van der Waals surface area contributed by atoms with E-state index >= 15 is 0 Å². The fourth-order valence-corrected chi connectivity index (χ4v) is 6.12. The average molecular weight is 676 g/mol. The van der Waals surface area contributed by atoms with Crippen LogP contribution < -0.4 is 16.0 Å². The van der Waals surface area contributed by atoms with Gasteiger partial charge in [0.05, 0.1) is 23.3 Å². The van der Waals surface area contributed by atoms with Gasteiger partial charge in [-0.05, 0) is 42.2 Å². The molecule has 47 heavy (non-hydrogen) atoms. The number of nitrogens with zero attached hydrogens (tertiary/aromatic N) is 2. The maximum absolute atomic E-state index is 14.4. The summed E-state index contributed by atoms with van der Waals surface area (Å²) in [4.78, 5) is 74.6. The van der Waals surface area contributed by atoms with Crippen LogP contribution in [0.5, 0.6) is 0 Å². The van der Waals surface area contributed by atoms with Crippen molar-refractivity contribution in [3.8, 4) is 0 Å². The van der Waals surface area contributed by atoms with E-state index in [1.807, 2.05) is 48.5 Å². The molecule has 0 aromatic heterocycles. The third-order valence-electron chi connectivity index (χ3n) is 8.53. The molecule has 3 N–H and O–H groups in total. The van der Waals surface area contributed by atoms with Crippen LogP contribution in [0.4, 0.5) is 4.39 Å². The van der Waals surface area contributed by atoms with Crippen LogP contribution in [0.25, 0.3) is 0 Å². The molecule has 13 heteroatoms. The predicted octanol–water partition coefficient (Wildman–Crippen LogP) is 4.04. The van der Waals surface area contributed by atoms with Crippen molar-refractivity contribution in [1.82, 2.24) is 20.9 Å². The summed E-state index contributed by atoms with van der Waals surface area (Å²) >= 11 is 6.02. The Kier molecular flexibility index (Phi) is 10.7. The molecule has 1 aromatic carbocycles. The number of ketones is 1. The number of halogens is 2. The highest BCUT2D eigenvalue weighted by atomic mass is 35.5. The molecule has 3 aliphatic rings. The van der Waals surface area contributed by atoms with Crippen molar-refractivity contribution in [2.45, 2.75) is 123 Å². The number of hydrogen-bond donors (Lipinski definition) is 3. The van der Waals surface area contributed by atoms with Crippen LogP contribution in [0.2, 0.25) is 5.02 Å². The summed E-state index contributed by atoms with van der Waals surface area (Å²) in [5, 5.41) is 12.5. The molecular formula is C34H47ClFN5O6. The normalized spacial score (nSPS) is 22.3. The Labute approximate surface area is 280 Å². The lowest BCUT2D eigenvalue weighted by Crippen LogP contribution is -2.59. The van der Waals surface area contributed by atoms with Crippen LogP contribution in [0.15, 0.2) is 23.4 Å². The second-order valence-corrected chi connectivity index (χ2v) is 15.8. The second kappa shape index (κ2) is 13.9. The first-order valence-corrected chi connectivity index (χ1v) is 16.7. The van der Waals surface area contributed by atoms with Crippen molar-refractivity contribution in [2.75, 3.05) is 6.54 Å². The standard InChI is InChI=1S/C34H47ClFN5O6/c1-8-9-23(27(43)30(45)37-20-11-12-20)38-29(44)25-16-34(15-24(40-47-34)19-10-13-22(36)21(35)14-19)18-41(25)31(46)28(33(5,6)7)39-26(42)17-32(2,3)4/h10,13-14,20,23,25,28H,8-9,11-12,15-18H2,1-7H3,(H,37,45)(H,38,44)(H,39,42)/t23-,25-,28+,34+/m0/s1. The molecule has 2 heterocycles. The van der Waals surface area contributed by atoms with Crippen molar-refractivity contribution < 1.29 is 33.2 Å². The fraction of sp³-hybridized carbons (Fsp3) is 0.647. The Morgan fingerprint density at radius 3 is 2.36 bits per heavy atom. The highest BCUT2D eigenvalue weighted by Crippen LogP contribution is 2.40. The van der Waals surface area contributed by atoms with Gasteiger partial charge < -0.3 is 25.7 Å². The molecule has 4 amide bonds. The van der Waals surface area contributed by atoms with E-state index in [4.69, 9.17) is 16.4 Å². The lowest BCUT2D eigenvalue weighted by atomic mass is 9.84. The largest absolute Gasteiger partial charge is 0.387 e. The van der Waals surface area contributed by atoms with Crippen molar-refractivity contribution in [2.24, 2.45) is 16.0 Å². The van der Waals surface area contributed by atoms with Gasteiger partial charge in [-0.15, -0.1) is 0 Å². The third-order valence-corrected chi connectivity index (χ3v) is 8.82. The van der Waals surface area contributed by atoms with E-state index in [-0.39, 0.29) is 54.6 Å². The zero-order valence-electron chi connectivity index (χ0n) is 28.3. The van der Waals surface area contributed by atoms with Crippen molar-refractivity contribution in [3.63, 3.8) is 0 Å². The number of carbonyl (C=O) groups excluding carboxylic acids is 5. The molecule has 1 aromatic rings. The van der Waals surface area contributed by atoms with Gasteiger partial charge >= 0.3 is 0 Å². The Hall–Kier alpha value is -3.54. The molecule has 4 rings (SSSR count). The molecular weight excluding hydrogens is 629 g/mol. The average Bonchev–Trinajstić information content (AvgIpc) is 3.56. The highest BCUT2D eigenvalue weighted by molar-refractivity contribution is 6.38. The molecule has 1 spiro atoms. The number of oxime groups is 1. The van der Waals surface area contributed by atoms with Gasteiger partial charge in [-0.25, -0.2) is 4.39 Å². The zero-order chi connectivity index (χ0) is 34.9. The first-order chi connectivity index (χ1) is 21.8. The SMILES string of the molecule is CCC[C@H](NC(=O)[C@@H]1C[C@]2(CC(c3ccc(F)c(Cl)c3)=NO2)CN1C(=O)[C@@H](NC(=O)CC(C)(C)C)C(C)(C)C)C(=O)C(=O)NC1CC1. The van der Waals surface area contributed by atoms with Crippen molar-refractivity contribution in [3.05, 3.63) is 34.6 Å². The van der Waals surface area contributed by atoms with Gasteiger partial charge in [0.1, 0.15) is 17.9 Å². The molecule has 1 saturated heterocycles. The third kappa shape index (κ3) is 9.09. The fourth-order valence-electron chi connectivity index (χ4n) is 5.94. The summed E-state index contributed by atoms with van der Waals surface area (Å²) in [5.41, 5.74) is -1.15. The molecule has 4 atom stereocenters. The van der Waals surface area contributed by atoms with Gasteiger partial charge in [-0.1, -0.05) is 77.7 Å². The van der Waals surface area contributed by atoms with E-state index in [2.05, 4.69) is 21.1 Å². The van der Waals surface area contributed by atoms with E-state index < -0.39 is 58.5 Å². The van der Waals surface area contributed by atoms with Gasteiger partial charge in [0.2, 0.25) is 23.5 Å². The van der Waals surface area contributed by atoms with E-state index in [9.17, 15) is 28.4 Å². The number of benzene rings is 1. The number of nitrogens with one attached hydrogen (secondary N) is 3. The number of likely N-dealkylation sites (tertiary alicyclic amines) is 1. The van der Waals surface area contributed by atoms with Gasteiger partial charge in [0.15, 0.2) is 5.60 Å². The van der Waals surface area contributed by atoms with Crippen LogP contribution in [-0.2, 0) is 28.8 Å². The van der Waals surface area contributed by atoms with Gasteiger partial charge in [0, 0.05) is 30.9 Å². The second-order valence-electron chi connectivity index (χ2n) is 15.4. The first-order valence-electron chi connectivity index (χ1n) is 16.3. The topological polar surface area (TPSA) is 146 Å². The minimum atomic E-state index is -1.11. The van der Waals surface area contributed by atoms with Crippen LogP contribution in [0.3, 0.4) is 0 Å². The maximum atomic E-state index is 14.4. The molecule has 0 unspecified atom stereocenters. The molecule has 0 radical (unpaired) electrons. The van der Waals surface area contributed by atoms with E-state index in [0.29, 0.717) is 17.7 Å². The number of carbonyl (C=O) groups is 5. The number of amides is 4. The van der Waals surface area contributed by atoms with E-state index in [0.717, 1.165) is 12.8 Å². The van der Waals surface area contributed by atoms with Crippen LogP contribution in [0, 0.1) is 16.6 Å². The summed E-state index contributed by atoms with van der Waals surface area (Å²) < 4.78 is 13.9. The Balaban J connectivity index is 1.62. The van der Waals surface area contributed by atoms with E-state index in [1.165, 1.54) is 23.1 Å². The van der Waals surface area contributed by atoms with Crippen LogP contribution in [0.1, 0.15) is 99.0 Å². The predicted molar refractivity (Wildman–Crippen MR) is 175 cm³/mol. The number of rotatable bonds is 11. The number of Topliss-reactive ketones (excluding diaryl/α,β-unsaturated/α-hetero) is 1. The van der Waals surface area contributed by atoms with Gasteiger partial charge in [0.25, 0.3) is 5.91 Å². The van der Waals surface area contributed by atoms with Gasteiger partial charge in [-0.3, -0.25) is 24.0 Å². The molecule has 0 bridgehead atoms. The quantitative estimate of drug-likeness (QED) is 0.302. The molecule has 2 aliphatic heterocycles. The summed E-state index contributed by atoms with van der Waals surface area (Å²) in [5.74, 6) is -3.46. The molecule has 1 saturated carbocycles. The molecule has 11 nitrogen and oxygen atoms in total. The molecule has 258 valence electrons. The lowest BCUT2D eigenvalue weighted by molar-refractivity contribution is -0.145. The Morgan fingerprint density at radius 2 is 1.79 bits per heavy atom. The number of hydrogen-bond acceptors (Lipinski definition) is 7. The first kappa shape index (κ1) is 36.3. The summed E-state index contributed by atoms with van der Waals surface area (Å²) in [7, 11) is 0. The minimum Gasteiger partial charge on any atom is -0.387 e. The summed E-state index contributed by atoms with van der Waals surface area (Å²) in [6, 6.07) is 0.994. The lowest BCUT2D eigenvalue weighted by Gasteiger charge is -2.36. The maximum Gasteiger partial charge on any atom is 0.289 e.